The molecule has 4 heteroatoms. The molecular formula is C33H23N3O. The monoisotopic (exact) mass is 477 g/mol. The zero-order valence-corrected chi connectivity index (χ0v) is 20.6. The number of benzene rings is 4. The van der Waals surface area contributed by atoms with E-state index in [1.807, 2.05) is 0 Å². The van der Waals surface area contributed by atoms with E-state index in [0.29, 0.717) is 5.95 Å². The number of aromatic nitrogens is 3. The van der Waals surface area contributed by atoms with E-state index in [0.717, 1.165) is 33.2 Å². The van der Waals surface area contributed by atoms with Gasteiger partial charge in [0.2, 0.25) is 5.95 Å². The van der Waals surface area contributed by atoms with Crippen LogP contribution < -0.4 is 0 Å². The van der Waals surface area contributed by atoms with Crippen molar-refractivity contribution in [2.45, 2.75) is 19.3 Å². The third-order valence-corrected chi connectivity index (χ3v) is 7.94. The van der Waals surface area contributed by atoms with Gasteiger partial charge in [0.25, 0.3) is 0 Å². The Hall–Kier alpha value is -4.70. The van der Waals surface area contributed by atoms with Gasteiger partial charge in [-0.15, -0.1) is 0 Å². The fraction of sp³-hybridized carbons (Fsp3) is 0.0909. The number of fused-ring (bicyclic) bond motifs is 7. The van der Waals surface area contributed by atoms with Gasteiger partial charge in [0, 0.05) is 21.8 Å². The fourth-order valence-corrected chi connectivity index (χ4v) is 6.34. The zero-order chi connectivity index (χ0) is 24.7. The van der Waals surface area contributed by atoms with Gasteiger partial charge in [-0.25, -0.2) is 9.97 Å². The van der Waals surface area contributed by atoms with Gasteiger partial charge in [0.1, 0.15) is 18.0 Å². The second-order valence-corrected chi connectivity index (χ2v) is 10.3. The Kier molecular flexibility index (Phi) is 3.97. The van der Waals surface area contributed by atoms with Crippen molar-refractivity contribution in [1.29, 1.82) is 0 Å². The molecule has 0 spiro atoms. The largest absolute Gasteiger partial charge is 0.470 e. The summed E-state index contributed by atoms with van der Waals surface area (Å²) in [5.74, 6) is 0.646. The Morgan fingerprint density at radius 2 is 1.27 bits per heavy atom. The summed E-state index contributed by atoms with van der Waals surface area (Å²) in [6, 6.07) is 32.2. The maximum Gasteiger partial charge on any atom is 0.235 e. The molecule has 4 aromatic carbocycles. The van der Waals surface area contributed by atoms with E-state index in [-0.39, 0.29) is 5.41 Å². The third-order valence-electron chi connectivity index (χ3n) is 7.94. The Labute approximate surface area is 213 Å². The van der Waals surface area contributed by atoms with E-state index in [4.69, 9.17) is 14.4 Å². The van der Waals surface area contributed by atoms with Crippen LogP contribution in [0.4, 0.5) is 0 Å². The van der Waals surface area contributed by atoms with Crippen molar-refractivity contribution in [3.05, 3.63) is 115 Å². The van der Waals surface area contributed by atoms with Crippen LogP contribution in [-0.2, 0) is 5.41 Å². The lowest BCUT2D eigenvalue weighted by atomic mass is 9.79. The van der Waals surface area contributed by atoms with Crippen LogP contribution in [0.3, 0.4) is 0 Å². The van der Waals surface area contributed by atoms with Crippen molar-refractivity contribution in [3.8, 4) is 28.3 Å². The molecule has 0 unspecified atom stereocenters. The molecule has 0 bridgehead atoms. The molecule has 0 saturated heterocycles. The van der Waals surface area contributed by atoms with Crippen molar-refractivity contribution in [3.63, 3.8) is 0 Å². The summed E-state index contributed by atoms with van der Waals surface area (Å²) < 4.78 is 7.87. The predicted octanol–water partition coefficient (Wildman–Crippen LogP) is 8.29. The summed E-state index contributed by atoms with van der Waals surface area (Å²) in [6.07, 6.45) is 3.50. The molecule has 1 aliphatic rings. The molecule has 3 heterocycles. The first-order valence-electron chi connectivity index (χ1n) is 12.6. The van der Waals surface area contributed by atoms with Crippen LogP contribution in [0.15, 0.2) is 108 Å². The topological polar surface area (TPSA) is 43.9 Å². The zero-order valence-electron chi connectivity index (χ0n) is 20.6. The molecule has 37 heavy (non-hydrogen) atoms. The number of rotatable bonds is 2. The maximum atomic E-state index is 5.70. The van der Waals surface area contributed by atoms with Gasteiger partial charge in [0.05, 0.1) is 22.1 Å². The van der Waals surface area contributed by atoms with E-state index < -0.39 is 0 Å². The van der Waals surface area contributed by atoms with Crippen molar-refractivity contribution in [2.24, 2.45) is 0 Å². The molecule has 4 nitrogen and oxygen atoms in total. The van der Waals surface area contributed by atoms with E-state index >= 15 is 0 Å². The third kappa shape index (κ3) is 2.67. The van der Waals surface area contributed by atoms with Gasteiger partial charge in [0.15, 0.2) is 0 Å². The predicted molar refractivity (Wildman–Crippen MR) is 149 cm³/mol. The minimum Gasteiger partial charge on any atom is -0.470 e. The molecule has 7 aromatic rings. The molecule has 0 fully saturated rings. The average molecular weight is 478 g/mol. The summed E-state index contributed by atoms with van der Waals surface area (Å²) in [5, 5.41) is 3.30. The summed E-state index contributed by atoms with van der Waals surface area (Å²) in [6.45, 7) is 4.62. The van der Waals surface area contributed by atoms with Gasteiger partial charge < -0.3 is 4.42 Å². The molecule has 0 N–H and O–H groups in total. The molecule has 0 radical (unpaired) electrons. The van der Waals surface area contributed by atoms with Gasteiger partial charge >= 0.3 is 0 Å². The Bertz CT molecular complexity index is 1970. The van der Waals surface area contributed by atoms with E-state index in [9.17, 15) is 0 Å². The van der Waals surface area contributed by atoms with Crippen molar-refractivity contribution in [2.75, 3.05) is 0 Å². The second-order valence-electron chi connectivity index (χ2n) is 10.3. The Morgan fingerprint density at radius 3 is 2.05 bits per heavy atom. The van der Waals surface area contributed by atoms with E-state index in [1.54, 1.807) is 12.5 Å². The van der Waals surface area contributed by atoms with Crippen LogP contribution in [0.25, 0.3) is 61.0 Å². The number of hydrogen-bond acceptors (Lipinski definition) is 3. The molecule has 176 valence electrons. The van der Waals surface area contributed by atoms with Crippen LogP contribution in [0.2, 0.25) is 0 Å². The first-order chi connectivity index (χ1) is 18.1. The van der Waals surface area contributed by atoms with Gasteiger partial charge in [-0.3, -0.25) is 4.57 Å². The highest BCUT2D eigenvalue weighted by atomic mass is 16.3. The maximum absolute atomic E-state index is 5.70. The smallest absolute Gasteiger partial charge is 0.235 e. The molecule has 1 aliphatic carbocycles. The minimum atomic E-state index is -0.156. The van der Waals surface area contributed by atoms with Crippen molar-refractivity contribution in [1.82, 2.24) is 14.5 Å². The first-order valence-corrected chi connectivity index (χ1v) is 12.6. The first kappa shape index (κ1) is 20.5. The SMILES string of the molecule is CC1(C)c2ccccc2-c2cccc(-c3nc(-n4c5ccccc5c5ccccc54)nc4cocc34)c21. The molecule has 8 rings (SSSR count). The Morgan fingerprint density at radius 1 is 0.622 bits per heavy atom. The van der Waals surface area contributed by atoms with Crippen molar-refractivity contribution < 1.29 is 4.42 Å². The highest BCUT2D eigenvalue weighted by Gasteiger charge is 2.38. The highest BCUT2D eigenvalue weighted by molar-refractivity contribution is 6.09. The fourth-order valence-electron chi connectivity index (χ4n) is 6.34. The number of hydrogen-bond donors (Lipinski definition) is 0. The molecule has 3 aromatic heterocycles. The summed E-state index contributed by atoms with van der Waals surface area (Å²) in [4.78, 5) is 10.3. The Balaban J connectivity index is 1.46. The molecule has 0 aliphatic heterocycles. The highest BCUT2D eigenvalue weighted by Crippen LogP contribution is 2.52. The van der Waals surface area contributed by atoms with Crippen LogP contribution in [0, 0.1) is 0 Å². The molecular weight excluding hydrogens is 454 g/mol. The van der Waals surface area contributed by atoms with Crippen LogP contribution in [0.1, 0.15) is 25.0 Å². The van der Waals surface area contributed by atoms with E-state index in [1.165, 1.54) is 33.0 Å². The lowest BCUT2D eigenvalue weighted by molar-refractivity contribution is 0.572. The van der Waals surface area contributed by atoms with Crippen molar-refractivity contribution >= 4 is 32.7 Å². The quantitative estimate of drug-likeness (QED) is 0.252. The number of para-hydroxylation sites is 2. The minimum absolute atomic E-state index is 0.156. The number of nitrogens with zero attached hydrogens (tertiary/aromatic N) is 3. The van der Waals surface area contributed by atoms with Gasteiger partial charge in [-0.05, 0) is 34.4 Å². The standard InChI is InChI=1S/C33H23N3O/c1-33(2)26-15-6-3-10-20(26)23-13-9-14-24(30(23)33)31-25-18-37-19-27(25)34-32(35-31)36-28-16-7-4-11-21(28)22-12-5-8-17-29(22)36/h3-19H,1-2H3. The number of furan rings is 1. The lowest BCUT2D eigenvalue weighted by Gasteiger charge is -2.24. The lowest BCUT2D eigenvalue weighted by Crippen LogP contribution is -2.16. The van der Waals surface area contributed by atoms with Crippen LogP contribution >= 0.6 is 0 Å². The summed E-state index contributed by atoms with van der Waals surface area (Å²) in [7, 11) is 0. The summed E-state index contributed by atoms with van der Waals surface area (Å²) in [5.41, 5.74) is 10.0. The second kappa shape index (κ2) is 7.17. The van der Waals surface area contributed by atoms with Gasteiger partial charge in [-0.1, -0.05) is 92.7 Å². The molecule has 0 amide bonds. The molecule has 0 atom stereocenters. The van der Waals surface area contributed by atoms with E-state index in [2.05, 4.69) is 109 Å². The van der Waals surface area contributed by atoms with Gasteiger partial charge in [-0.2, -0.15) is 0 Å². The molecule has 0 saturated carbocycles. The average Bonchev–Trinajstić information content (AvgIpc) is 3.60. The summed E-state index contributed by atoms with van der Waals surface area (Å²) >= 11 is 0. The normalized spacial score (nSPS) is 13.9. The van der Waals surface area contributed by atoms with Crippen LogP contribution in [-0.4, -0.2) is 14.5 Å². The van der Waals surface area contributed by atoms with Crippen LogP contribution in [0.5, 0.6) is 0 Å².